The largest absolute Gasteiger partial charge is 0.459 e. The summed E-state index contributed by atoms with van der Waals surface area (Å²) < 4.78 is 28.5. The van der Waals surface area contributed by atoms with Crippen LogP contribution in [0.1, 0.15) is 11.5 Å². The number of nitrogens with zero attached hydrogens (tertiary/aromatic N) is 1. The monoisotopic (exact) mass is 344 g/mol. The second-order valence-corrected chi connectivity index (χ2v) is 4.98. The van der Waals surface area contributed by atoms with Crippen molar-refractivity contribution in [1.29, 1.82) is 5.26 Å². The van der Waals surface area contributed by atoms with Crippen LogP contribution < -0.4 is 5.32 Å². The van der Waals surface area contributed by atoms with E-state index in [9.17, 15) is 9.18 Å². The lowest BCUT2D eigenvalue weighted by molar-refractivity contribution is -0.112. The fraction of sp³-hybridized carbons (Fsp3) is 0.222. The van der Waals surface area contributed by atoms with Gasteiger partial charge in [0, 0.05) is 18.9 Å². The van der Waals surface area contributed by atoms with Crippen LogP contribution in [0.25, 0.3) is 6.08 Å². The number of carbonyl (C=O) groups excluding carboxylic acids is 1. The molecule has 1 heterocycles. The molecule has 25 heavy (non-hydrogen) atoms. The van der Waals surface area contributed by atoms with Crippen LogP contribution in [0, 0.1) is 17.1 Å². The van der Waals surface area contributed by atoms with Gasteiger partial charge in [0.15, 0.2) is 0 Å². The summed E-state index contributed by atoms with van der Waals surface area (Å²) in [5.41, 5.74) is 0.254. The van der Waals surface area contributed by atoms with Crippen LogP contribution in [0.15, 0.2) is 46.4 Å². The van der Waals surface area contributed by atoms with Gasteiger partial charge in [-0.15, -0.1) is 0 Å². The standard InChI is InChI=1S/C18H17FN2O4/c1-23-8-9-24-12-17-7-6-16(25-17)10-13(11-20)18(22)21-15-4-2-14(19)3-5-15/h2-7,10H,8-9,12H2,1H3,(H,21,22)/b13-10+. The molecule has 0 atom stereocenters. The average molecular weight is 344 g/mol. The zero-order valence-electron chi connectivity index (χ0n) is 13.6. The molecule has 1 amide bonds. The van der Waals surface area contributed by atoms with E-state index in [1.165, 1.54) is 30.3 Å². The summed E-state index contributed by atoms with van der Waals surface area (Å²) in [5, 5.41) is 11.7. The Labute approximate surface area is 144 Å². The van der Waals surface area contributed by atoms with E-state index >= 15 is 0 Å². The van der Waals surface area contributed by atoms with Crippen molar-refractivity contribution in [2.75, 3.05) is 25.6 Å². The van der Waals surface area contributed by atoms with Crippen LogP contribution in [0.5, 0.6) is 0 Å². The summed E-state index contributed by atoms with van der Waals surface area (Å²) in [6, 6.07) is 10.4. The van der Waals surface area contributed by atoms with E-state index in [1.54, 1.807) is 19.2 Å². The van der Waals surface area contributed by atoms with Gasteiger partial charge in [-0.3, -0.25) is 4.79 Å². The molecule has 0 unspecified atom stereocenters. The maximum absolute atomic E-state index is 12.9. The van der Waals surface area contributed by atoms with Crippen molar-refractivity contribution in [3.05, 3.63) is 59.3 Å². The van der Waals surface area contributed by atoms with Gasteiger partial charge in [-0.25, -0.2) is 4.39 Å². The number of benzene rings is 1. The van der Waals surface area contributed by atoms with Crippen molar-refractivity contribution < 1.29 is 23.1 Å². The van der Waals surface area contributed by atoms with Gasteiger partial charge in [0.1, 0.15) is 35.6 Å². The van der Waals surface area contributed by atoms with Crippen LogP contribution in [0.2, 0.25) is 0 Å². The Kier molecular flexibility index (Phi) is 6.89. The zero-order valence-corrected chi connectivity index (χ0v) is 13.6. The van der Waals surface area contributed by atoms with Gasteiger partial charge in [-0.05, 0) is 36.4 Å². The Morgan fingerprint density at radius 2 is 2.04 bits per heavy atom. The number of methoxy groups -OCH3 is 1. The molecule has 2 rings (SSSR count). The minimum absolute atomic E-state index is 0.134. The number of nitriles is 1. The molecule has 1 aromatic heterocycles. The highest BCUT2D eigenvalue weighted by molar-refractivity contribution is 6.09. The first-order valence-corrected chi connectivity index (χ1v) is 7.46. The number of halogens is 1. The van der Waals surface area contributed by atoms with E-state index in [4.69, 9.17) is 19.2 Å². The van der Waals surface area contributed by atoms with E-state index in [0.717, 1.165) is 0 Å². The number of amides is 1. The van der Waals surface area contributed by atoms with Crippen molar-refractivity contribution in [1.82, 2.24) is 0 Å². The molecule has 0 aliphatic heterocycles. The summed E-state index contributed by atoms with van der Waals surface area (Å²) in [6.07, 6.45) is 1.33. The Bertz CT molecular complexity index is 775. The summed E-state index contributed by atoms with van der Waals surface area (Å²) >= 11 is 0. The summed E-state index contributed by atoms with van der Waals surface area (Å²) in [5.74, 6) is -0.0944. The predicted octanol–water partition coefficient (Wildman–Crippen LogP) is 3.13. The second-order valence-electron chi connectivity index (χ2n) is 4.98. The van der Waals surface area contributed by atoms with Crippen molar-refractivity contribution in [2.45, 2.75) is 6.61 Å². The molecule has 0 fully saturated rings. The SMILES string of the molecule is COCCOCc1ccc(/C=C(\C#N)C(=O)Nc2ccc(F)cc2)o1. The second kappa shape index (κ2) is 9.37. The first-order chi connectivity index (χ1) is 12.1. The number of carbonyl (C=O) groups is 1. The number of furan rings is 1. The van der Waals surface area contributed by atoms with E-state index < -0.39 is 11.7 Å². The van der Waals surface area contributed by atoms with Gasteiger partial charge < -0.3 is 19.2 Å². The lowest BCUT2D eigenvalue weighted by Gasteiger charge is -2.03. The van der Waals surface area contributed by atoms with Gasteiger partial charge in [0.05, 0.1) is 13.2 Å². The third-order valence-corrected chi connectivity index (χ3v) is 3.11. The first kappa shape index (κ1) is 18.4. The van der Waals surface area contributed by atoms with E-state index in [-0.39, 0.29) is 12.2 Å². The first-order valence-electron chi connectivity index (χ1n) is 7.46. The highest BCUT2D eigenvalue weighted by Gasteiger charge is 2.11. The van der Waals surface area contributed by atoms with Crippen LogP contribution in [-0.4, -0.2) is 26.2 Å². The molecular formula is C18H17FN2O4. The molecule has 7 heteroatoms. The van der Waals surface area contributed by atoms with E-state index in [2.05, 4.69) is 5.32 Å². The fourth-order valence-electron chi connectivity index (χ4n) is 1.89. The van der Waals surface area contributed by atoms with Crippen LogP contribution in [-0.2, 0) is 20.9 Å². The molecule has 0 bridgehead atoms. The van der Waals surface area contributed by atoms with Crippen LogP contribution in [0.3, 0.4) is 0 Å². The molecule has 0 aliphatic rings. The highest BCUT2D eigenvalue weighted by atomic mass is 19.1. The molecule has 1 N–H and O–H groups in total. The number of rotatable bonds is 8. The van der Waals surface area contributed by atoms with E-state index in [1.807, 2.05) is 6.07 Å². The number of ether oxygens (including phenoxy) is 2. The molecule has 130 valence electrons. The maximum Gasteiger partial charge on any atom is 0.266 e. The Balaban J connectivity index is 1.99. The quantitative estimate of drug-likeness (QED) is 0.452. The molecule has 0 saturated heterocycles. The summed E-state index contributed by atoms with van der Waals surface area (Å²) in [4.78, 5) is 12.1. The number of anilines is 1. The minimum atomic E-state index is -0.608. The highest BCUT2D eigenvalue weighted by Crippen LogP contribution is 2.15. The average Bonchev–Trinajstić information content (AvgIpc) is 3.06. The third kappa shape index (κ3) is 5.88. The normalized spacial score (nSPS) is 11.2. The minimum Gasteiger partial charge on any atom is -0.459 e. The van der Waals surface area contributed by atoms with Crippen LogP contribution >= 0.6 is 0 Å². The van der Waals surface area contributed by atoms with Gasteiger partial charge >= 0.3 is 0 Å². The molecule has 6 nitrogen and oxygen atoms in total. The maximum atomic E-state index is 12.9. The van der Waals surface area contributed by atoms with E-state index in [0.29, 0.717) is 30.4 Å². The van der Waals surface area contributed by atoms with Crippen molar-refractivity contribution in [2.24, 2.45) is 0 Å². The van der Waals surface area contributed by atoms with Gasteiger partial charge in [0.25, 0.3) is 5.91 Å². The lowest BCUT2D eigenvalue weighted by atomic mass is 10.2. The van der Waals surface area contributed by atoms with Crippen molar-refractivity contribution >= 4 is 17.7 Å². The summed E-state index contributed by atoms with van der Waals surface area (Å²) in [7, 11) is 1.58. The molecule has 0 aliphatic carbocycles. The predicted molar refractivity (Wildman–Crippen MR) is 88.9 cm³/mol. The smallest absolute Gasteiger partial charge is 0.266 e. The molecule has 0 spiro atoms. The fourth-order valence-corrected chi connectivity index (χ4v) is 1.89. The van der Waals surface area contributed by atoms with Crippen molar-refractivity contribution in [3.63, 3.8) is 0 Å². The Hall–Kier alpha value is -2.95. The lowest BCUT2D eigenvalue weighted by Crippen LogP contribution is -2.13. The third-order valence-electron chi connectivity index (χ3n) is 3.11. The van der Waals surface area contributed by atoms with Gasteiger partial charge in [-0.2, -0.15) is 5.26 Å². The summed E-state index contributed by atoms with van der Waals surface area (Å²) in [6.45, 7) is 1.18. The molecule has 2 aromatic rings. The molecular weight excluding hydrogens is 327 g/mol. The topological polar surface area (TPSA) is 84.5 Å². The number of nitrogens with one attached hydrogen (secondary N) is 1. The zero-order chi connectivity index (χ0) is 18.1. The molecule has 0 radical (unpaired) electrons. The Morgan fingerprint density at radius 1 is 1.28 bits per heavy atom. The number of hydrogen-bond donors (Lipinski definition) is 1. The molecule has 1 aromatic carbocycles. The van der Waals surface area contributed by atoms with Gasteiger partial charge in [0.2, 0.25) is 0 Å². The molecule has 0 saturated carbocycles. The Morgan fingerprint density at radius 3 is 2.72 bits per heavy atom. The van der Waals surface area contributed by atoms with Gasteiger partial charge in [-0.1, -0.05) is 0 Å². The van der Waals surface area contributed by atoms with Crippen molar-refractivity contribution in [3.8, 4) is 6.07 Å². The number of hydrogen-bond acceptors (Lipinski definition) is 5. The van der Waals surface area contributed by atoms with Crippen LogP contribution in [0.4, 0.5) is 10.1 Å².